The number of rotatable bonds is 5. The van der Waals surface area contributed by atoms with Crippen molar-refractivity contribution in [2.24, 2.45) is 0 Å². The van der Waals surface area contributed by atoms with Crippen LogP contribution >= 0.6 is 0 Å². The first kappa shape index (κ1) is 18.2. The molecule has 29 heavy (non-hydrogen) atoms. The number of nitrogens with two attached hydrogens (primary N) is 1. The van der Waals surface area contributed by atoms with Gasteiger partial charge < -0.3 is 20.4 Å². The van der Waals surface area contributed by atoms with Gasteiger partial charge in [-0.25, -0.2) is 15.0 Å². The van der Waals surface area contributed by atoms with Gasteiger partial charge in [-0.3, -0.25) is 4.79 Å². The number of imidazole rings is 1. The van der Waals surface area contributed by atoms with Crippen LogP contribution in [0.4, 0.5) is 5.82 Å². The van der Waals surface area contributed by atoms with Crippen molar-refractivity contribution in [3.8, 4) is 28.7 Å². The van der Waals surface area contributed by atoms with E-state index in [0.717, 1.165) is 22.6 Å². The Morgan fingerprint density at radius 1 is 1.31 bits per heavy atom. The van der Waals surface area contributed by atoms with Crippen LogP contribution in [0.1, 0.15) is 22.6 Å². The first-order valence-electron chi connectivity index (χ1n) is 8.99. The van der Waals surface area contributed by atoms with Gasteiger partial charge in [0.1, 0.15) is 17.0 Å². The van der Waals surface area contributed by atoms with Crippen LogP contribution in [0.2, 0.25) is 0 Å². The maximum absolute atomic E-state index is 12.5. The van der Waals surface area contributed by atoms with E-state index >= 15 is 0 Å². The van der Waals surface area contributed by atoms with Crippen LogP contribution in [-0.4, -0.2) is 36.8 Å². The second kappa shape index (κ2) is 7.44. The molecule has 9 nitrogen and oxygen atoms in total. The summed E-state index contributed by atoms with van der Waals surface area (Å²) in [6.07, 6.45) is 5.67. The van der Waals surface area contributed by atoms with Gasteiger partial charge in [0.25, 0.3) is 5.91 Å². The number of aromatic amines is 1. The maximum Gasteiger partial charge on any atom is 0.273 e. The summed E-state index contributed by atoms with van der Waals surface area (Å²) in [5, 5.41) is 11.3. The minimum atomic E-state index is -0.468. The van der Waals surface area contributed by atoms with Crippen molar-refractivity contribution in [1.29, 1.82) is 5.26 Å². The number of hydrogen-bond donors (Lipinski definition) is 3. The molecule has 1 amide bonds. The topological polar surface area (TPSA) is 138 Å². The molecule has 0 aromatic carbocycles. The number of nitrogens with zero attached hydrogens (tertiary/aromatic N) is 5. The number of amides is 1. The molecule has 0 spiro atoms. The van der Waals surface area contributed by atoms with Crippen molar-refractivity contribution in [3.63, 3.8) is 0 Å². The van der Waals surface area contributed by atoms with E-state index < -0.39 is 5.91 Å². The molecule has 4 N–H and O–H groups in total. The van der Waals surface area contributed by atoms with Crippen molar-refractivity contribution in [3.05, 3.63) is 54.2 Å². The standard InChI is InChI=1S/C20H18N8O/c1-12-10-25-15-6-5-13(11-28(12)15)16-17(14-4-2-8-23-14)27-19(22)18(26-16)20(29)24-9-3-7-21/h2,4-6,8,10-11,23H,3,9H2,1H3,(H2,22,27)(H,24,29). The van der Waals surface area contributed by atoms with Gasteiger partial charge in [-0.2, -0.15) is 5.26 Å². The fourth-order valence-corrected chi connectivity index (χ4v) is 3.04. The zero-order valence-electron chi connectivity index (χ0n) is 15.7. The molecule has 0 saturated heterocycles. The number of fused-ring (bicyclic) bond motifs is 1. The van der Waals surface area contributed by atoms with Crippen LogP contribution in [0, 0.1) is 18.3 Å². The SMILES string of the molecule is Cc1cnc2ccc(-c3nc(C(=O)NCCC#N)c(N)nc3-c3ccc[nH]3)cn12. The van der Waals surface area contributed by atoms with E-state index in [-0.39, 0.29) is 24.5 Å². The van der Waals surface area contributed by atoms with E-state index in [4.69, 9.17) is 11.0 Å². The molecule has 0 aliphatic heterocycles. The molecule has 0 saturated carbocycles. The molecule has 4 rings (SSSR count). The molecule has 144 valence electrons. The number of aryl methyl sites for hydroxylation is 1. The Morgan fingerprint density at radius 3 is 2.93 bits per heavy atom. The van der Waals surface area contributed by atoms with Gasteiger partial charge in [0, 0.05) is 36.4 Å². The van der Waals surface area contributed by atoms with Gasteiger partial charge in [0.2, 0.25) is 0 Å². The summed E-state index contributed by atoms with van der Waals surface area (Å²) in [5.74, 6) is -0.447. The molecule has 4 heterocycles. The number of aromatic nitrogens is 5. The van der Waals surface area contributed by atoms with E-state index in [0.29, 0.717) is 11.4 Å². The van der Waals surface area contributed by atoms with Crippen LogP contribution in [0.15, 0.2) is 42.9 Å². The van der Waals surface area contributed by atoms with Gasteiger partial charge in [0.05, 0.1) is 18.2 Å². The average Bonchev–Trinajstić information content (AvgIpc) is 3.38. The summed E-state index contributed by atoms with van der Waals surface area (Å²) in [5.41, 5.74) is 10.4. The third kappa shape index (κ3) is 3.39. The molecule has 0 unspecified atom stereocenters. The number of pyridine rings is 1. The lowest BCUT2D eigenvalue weighted by Gasteiger charge is -2.12. The Balaban J connectivity index is 1.87. The number of hydrogen-bond acceptors (Lipinski definition) is 6. The third-order valence-electron chi connectivity index (χ3n) is 4.48. The van der Waals surface area contributed by atoms with Crippen molar-refractivity contribution in [1.82, 2.24) is 29.7 Å². The zero-order chi connectivity index (χ0) is 20.4. The molecular weight excluding hydrogens is 368 g/mol. The smallest absolute Gasteiger partial charge is 0.273 e. The minimum absolute atomic E-state index is 0.0210. The number of nitrogens with one attached hydrogen (secondary N) is 2. The lowest BCUT2D eigenvalue weighted by Crippen LogP contribution is -2.27. The van der Waals surface area contributed by atoms with E-state index in [1.165, 1.54) is 0 Å². The number of nitrogen functional groups attached to an aromatic ring is 1. The monoisotopic (exact) mass is 386 g/mol. The minimum Gasteiger partial charge on any atom is -0.382 e. The molecule has 0 fully saturated rings. The van der Waals surface area contributed by atoms with Gasteiger partial charge in [-0.15, -0.1) is 0 Å². The quantitative estimate of drug-likeness (QED) is 0.450. The fourth-order valence-electron chi connectivity index (χ4n) is 3.04. The van der Waals surface area contributed by atoms with Crippen molar-refractivity contribution in [2.45, 2.75) is 13.3 Å². The first-order valence-corrected chi connectivity index (χ1v) is 8.99. The van der Waals surface area contributed by atoms with Crippen LogP contribution < -0.4 is 11.1 Å². The van der Waals surface area contributed by atoms with E-state index in [9.17, 15) is 4.79 Å². The Kier molecular flexibility index (Phi) is 4.66. The van der Waals surface area contributed by atoms with Crippen molar-refractivity contribution < 1.29 is 4.79 Å². The van der Waals surface area contributed by atoms with Gasteiger partial charge in [-0.05, 0) is 31.2 Å². The molecule has 0 atom stereocenters. The Hall–Kier alpha value is -4.19. The Morgan fingerprint density at radius 2 is 2.17 bits per heavy atom. The molecular formula is C20H18N8O. The molecule has 0 aliphatic carbocycles. The third-order valence-corrected chi connectivity index (χ3v) is 4.48. The highest BCUT2D eigenvalue weighted by Crippen LogP contribution is 2.30. The highest BCUT2D eigenvalue weighted by Gasteiger charge is 2.20. The summed E-state index contributed by atoms with van der Waals surface area (Å²) >= 11 is 0. The number of carbonyl (C=O) groups is 1. The lowest BCUT2D eigenvalue weighted by atomic mass is 10.1. The zero-order valence-corrected chi connectivity index (χ0v) is 15.7. The van der Waals surface area contributed by atoms with Crippen molar-refractivity contribution >= 4 is 17.4 Å². The Bertz CT molecular complexity index is 1230. The highest BCUT2D eigenvalue weighted by atomic mass is 16.1. The van der Waals surface area contributed by atoms with E-state index in [1.807, 2.05) is 47.9 Å². The summed E-state index contributed by atoms with van der Waals surface area (Å²) in [6.45, 7) is 2.17. The normalized spacial score (nSPS) is 10.8. The molecule has 4 aromatic heterocycles. The second-order valence-corrected chi connectivity index (χ2v) is 6.45. The number of nitriles is 1. The number of H-pyrrole nitrogens is 1. The molecule has 0 radical (unpaired) electrons. The van der Waals surface area contributed by atoms with Gasteiger partial charge in [0.15, 0.2) is 11.5 Å². The molecule has 0 aliphatic rings. The van der Waals surface area contributed by atoms with Crippen molar-refractivity contribution in [2.75, 3.05) is 12.3 Å². The summed E-state index contributed by atoms with van der Waals surface area (Å²) < 4.78 is 1.94. The molecule has 0 bridgehead atoms. The predicted octanol–water partition coefficient (Wildman–Crippen LogP) is 2.32. The van der Waals surface area contributed by atoms with Crippen LogP contribution in [0.25, 0.3) is 28.3 Å². The predicted molar refractivity (Wildman–Crippen MR) is 108 cm³/mol. The molecule has 4 aromatic rings. The molecule has 9 heteroatoms. The van der Waals surface area contributed by atoms with Crippen LogP contribution in [0.3, 0.4) is 0 Å². The first-order chi connectivity index (χ1) is 14.1. The summed E-state index contributed by atoms with van der Waals surface area (Å²) in [4.78, 5) is 29.0. The summed E-state index contributed by atoms with van der Waals surface area (Å²) in [6, 6.07) is 9.45. The highest BCUT2D eigenvalue weighted by molar-refractivity contribution is 5.97. The Labute approximate surface area is 166 Å². The number of carbonyl (C=O) groups excluding carboxylic acids is 1. The number of anilines is 1. The second-order valence-electron chi connectivity index (χ2n) is 6.45. The van der Waals surface area contributed by atoms with E-state index in [1.54, 1.807) is 12.4 Å². The fraction of sp³-hybridized carbons (Fsp3) is 0.150. The van der Waals surface area contributed by atoms with Gasteiger partial charge in [-0.1, -0.05) is 0 Å². The average molecular weight is 386 g/mol. The van der Waals surface area contributed by atoms with Crippen LogP contribution in [0.5, 0.6) is 0 Å². The summed E-state index contributed by atoms with van der Waals surface area (Å²) in [7, 11) is 0. The van der Waals surface area contributed by atoms with Gasteiger partial charge >= 0.3 is 0 Å². The van der Waals surface area contributed by atoms with E-state index in [2.05, 4.69) is 25.3 Å². The lowest BCUT2D eigenvalue weighted by molar-refractivity contribution is 0.0950. The largest absolute Gasteiger partial charge is 0.382 e. The van der Waals surface area contributed by atoms with Crippen LogP contribution in [-0.2, 0) is 0 Å². The maximum atomic E-state index is 12.5.